The maximum Gasteiger partial charge on any atom is 0.179 e. The Morgan fingerprint density at radius 2 is 1.84 bits per heavy atom. The lowest BCUT2D eigenvalue weighted by molar-refractivity contribution is 0.0949. The van der Waals surface area contributed by atoms with Crippen molar-refractivity contribution in [1.29, 1.82) is 0 Å². The molecular weight excluding hydrogens is 238 g/mol. The number of ketones is 1. The molecule has 0 aliphatic heterocycles. The largest absolute Gasteiger partial charge is 0.494 e. The van der Waals surface area contributed by atoms with Gasteiger partial charge in [-0.3, -0.25) is 4.79 Å². The number of carbonyl (C=O) groups is 1. The van der Waals surface area contributed by atoms with Crippen molar-refractivity contribution < 1.29 is 9.53 Å². The van der Waals surface area contributed by atoms with E-state index in [1.165, 1.54) is 0 Å². The Balaban J connectivity index is 2.56. The first-order valence-electron chi connectivity index (χ1n) is 7.05. The molecule has 1 rings (SSSR count). The highest BCUT2D eigenvalue weighted by atomic mass is 16.5. The second kappa shape index (κ2) is 7.95. The lowest BCUT2D eigenvalue weighted by atomic mass is 10.0. The van der Waals surface area contributed by atoms with Gasteiger partial charge in [0.15, 0.2) is 5.78 Å². The Morgan fingerprint density at radius 1 is 1.21 bits per heavy atom. The van der Waals surface area contributed by atoms with Gasteiger partial charge in [0.2, 0.25) is 0 Å². The Kier molecular flexibility index (Phi) is 6.57. The quantitative estimate of drug-likeness (QED) is 0.731. The fourth-order valence-electron chi connectivity index (χ4n) is 1.69. The molecule has 3 nitrogen and oxygen atoms in total. The zero-order valence-electron chi connectivity index (χ0n) is 12.4. The van der Waals surface area contributed by atoms with E-state index in [0.29, 0.717) is 12.5 Å². The molecule has 3 heteroatoms. The van der Waals surface area contributed by atoms with Crippen LogP contribution in [0.2, 0.25) is 0 Å². The van der Waals surface area contributed by atoms with E-state index in [1.54, 1.807) is 0 Å². The SMILES string of the molecule is CCCOc1ccc(C(=O)C(C)NCC(C)C)cc1. The Morgan fingerprint density at radius 3 is 2.37 bits per heavy atom. The molecule has 1 aromatic carbocycles. The van der Waals surface area contributed by atoms with Gasteiger partial charge in [0.1, 0.15) is 5.75 Å². The second-order valence-electron chi connectivity index (χ2n) is 5.26. The molecule has 1 aromatic rings. The molecule has 0 aliphatic rings. The summed E-state index contributed by atoms with van der Waals surface area (Å²) in [5.41, 5.74) is 0.729. The van der Waals surface area contributed by atoms with Crippen LogP contribution in [-0.2, 0) is 0 Å². The highest BCUT2D eigenvalue weighted by Crippen LogP contribution is 2.14. The lowest BCUT2D eigenvalue weighted by Crippen LogP contribution is -2.36. The summed E-state index contributed by atoms with van der Waals surface area (Å²) < 4.78 is 5.50. The minimum Gasteiger partial charge on any atom is -0.494 e. The summed E-state index contributed by atoms with van der Waals surface area (Å²) in [6.45, 7) is 9.80. The van der Waals surface area contributed by atoms with Crippen LogP contribution >= 0.6 is 0 Å². The lowest BCUT2D eigenvalue weighted by Gasteiger charge is -2.14. The van der Waals surface area contributed by atoms with Gasteiger partial charge in [-0.15, -0.1) is 0 Å². The van der Waals surface area contributed by atoms with Crippen LogP contribution in [0, 0.1) is 5.92 Å². The van der Waals surface area contributed by atoms with Gasteiger partial charge in [-0.2, -0.15) is 0 Å². The van der Waals surface area contributed by atoms with Crippen molar-refractivity contribution in [3.05, 3.63) is 29.8 Å². The van der Waals surface area contributed by atoms with Crippen LogP contribution < -0.4 is 10.1 Å². The van der Waals surface area contributed by atoms with Crippen LogP contribution in [0.25, 0.3) is 0 Å². The number of carbonyl (C=O) groups excluding carboxylic acids is 1. The highest BCUT2D eigenvalue weighted by molar-refractivity contribution is 5.99. The Hall–Kier alpha value is -1.35. The third-order valence-corrected chi connectivity index (χ3v) is 2.84. The number of ether oxygens (including phenoxy) is 1. The van der Waals surface area contributed by atoms with E-state index in [-0.39, 0.29) is 11.8 Å². The molecule has 1 N–H and O–H groups in total. The van der Waals surface area contributed by atoms with E-state index in [2.05, 4.69) is 26.1 Å². The number of hydrogen-bond donors (Lipinski definition) is 1. The van der Waals surface area contributed by atoms with E-state index in [4.69, 9.17) is 4.74 Å². The summed E-state index contributed by atoms with van der Waals surface area (Å²) in [5, 5.41) is 3.25. The Bertz CT molecular complexity index is 384. The highest BCUT2D eigenvalue weighted by Gasteiger charge is 2.14. The molecule has 0 spiro atoms. The molecule has 0 aromatic heterocycles. The van der Waals surface area contributed by atoms with Crippen LogP contribution in [0.5, 0.6) is 5.75 Å². The average molecular weight is 263 g/mol. The number of Topliss-reactive ketones (excluding diaryl/α,β-unsaturated/α-hetero) is 1. The van der Waals surface area contributed by atoms with Gasteiger partial charge in [-0.05, 0) is 50.1 Å². The molecule has 1 unspecified atom stereocenters. The van der Waals surface area contributed by atoms with Crippen LogP contribution in [-0.4, -0.2) is 25.0 Å². The third-order valence-electron chi connectivity index (χ3n) is 2.84. The normalized spacial score (nSPS) is 12.5. The molecule has 0 bridgehead atoms. The van der Waals surface area contributed by atoms with Gasteiger partial charge < -0.3 is 10.1 Å². The minimum absolute atomic E-state index is 0.127. The van der Waals surface area contributed by atoms with E-state index in [9.17, 15) is 4.79 Å². The first-order valence-corrected chi connectivity index (χ1v) is 7.05. The van der Waals surface area contributed by atoms with E-state index in [1.807, 2.05) is 31.2 Å². The molecular formula is C16H25NO2. The first kappa shape index (κ1) is 15.7. The van der Waals surface area contributed by atoms with Gasteiger partial charge in [0.05, 0.1) is 12.6 Å². The van der Waals surface area contributed by atoms with E-state index in [0.717, 1.165) is 24.3 Å². The van der Waals surface area contributed by atoms with Crippen LogP contribution in [0.3, 0.4) is 0 Å². The topological polar surface area (TPSA) is 38.3 Å². The van der Waals surface area contributed by atoms with Gasteiger partial charge >= 0.3 is 0 Å². The minimum atomic E-state index is -0.148. The predicted molar refractivity (Wildman–Crippen MR) is 78.9 cm³/mol. The molecule has 0 heterocycles. The summed E-state index contributed by atoms with van der Waals surface area (Å²) in [4.78, 5) is 12.2. The maximum absolute atomic E-state index is 12.2. The summed E-state index contributed by atoms with van der Waals surface area (Å²) >= 11 is 0. The van der Waals surface area contributed by atoms with Crippen molar-refractivity contribution in [2.45, 2.75) is 40.2 Å². The average Bonchev–Trinajstić information content (AvgIpc) is 2.42. The number of nitrogens with one attached hydrogen (secondary N) is 1. The van der Waals surface area contributed by atoms with Crippen molar-refractivity contribution >= 4 is 5.78 Å². The van der Waals surface area contributed by atoms with Crippen molar-refractivity contribution in [1.82, 2.24) is 5.32 Å². The molecule has 0 radical (unpaired) electrons. The maximum atomic E-state index is 12.2. The summed E-state index contributed by atoms with van der Waals surface area (Å²) in [7, 11) is 0. The van der Waals surface area contributed by atoms with Gasteiger partial charge in [0.25, 0.3) is 0 Å². The molecule has 0 fully saturated rings. The van der Waals surface area contributed by atoms with E-state index >= 15 is 0 Å². The third kappa shape index (κ3) is 5.43. The predicted octanol–water partition coefficient (Wildman–Crippen LogP) is 3.29. The standard InChI is InChI=1S/C16H25NO2/c1-5-10-19-15-8-6-14(7-9-15)16(18)13(4)17-11-12(2)3/h6-9,12-13,17H,5,10-11H2,1-4H3. The molecule has 0 aliphatic carbocycles. The first-order chi connectivity index (χ1) is 9.04. The molecule has 0 amide bonds. The van der Waals surface area contributed by atoms with Crippen LogP contribution in [0.15, 0.2) is 24.3 Å². The van der Waals surface area contributed by atoms with Gasteiger partial charge in [0, 0.05) is 5.56 Å². The number of rotatable bonds is 8. The van der Waals surface area contributed by atoms with Crippen LogP contribution in [0.4, 0.5) is 0 Å². The molecule has 1 atom stereocenters. The molecule has 0 saturated heterocycles. The van der Waals surface area contributed by atoms with Crippen molar-refractivity contribution in [2.24, 2.45) is 5.92 Å². The van der Waals surface area contributed by atoms with Gasteiger partial charge in [-0.1, -0.05) is 20.8 Å². The molecule has 0 saturated carbocycles. The molecule has 19 heavy (non-hydrogen) atoms. The smallest absolute Gasteiger partial charge is 0.179 e. The fraction of sp³-hybridized carbons (Fsp3) is 0.562. The van der Waals surface area contributed by atoms with Gasteiger partial charge in [-0.25, -0.2) is 0 Å². The monoisotopic (exact) mass is 263 g/mol. The number of hydrogen-bond acceptors (Lipinski definition) is 3. The van der Waals surface area contributed by atoms with E-state index < -0.39 is 0 Å². The summed E-state index contributed by atoms with van der Waals surface area (Å²) in [6, 6.07) is 7.24. The van der Waals surface area contributed by atoms with Crippen molar-refractivity contribution in [3.63, 3.8) is 0 Å². The number of benzene rings is 1. The molecule has 106 valence electrons. The van der Waals surface area contributed by atoms with Crippen molar-refractivity contribution in [3.8, 4) is 5.75 Å². The van der Waals surface area contributed by atoms with Crippen LogP contribution in [0.1, 0.15) is 44.5 Å². The fourth-order valence-corrected chi connectivity index (χ4v) is 1.69. The summed E-state index contributed by atoms with van der Waals surface area (Å²) in [5.74, 6) is 1.49. The zero-order chi connectivity index (χ0) is 14.3. The Labute approximate surface area is 116 Å². The second-order valence-corrected chi connectivity index (χ2v) is 5.26. The summed E-state index contributed by atoms with van der Waals surface area (Å²) in [6.07, 6.45) is 0.983. The zero-order valence-corrected chi connectivity index (χ0v) is 12.4. The van der Waals surface area contributed by atoms with Crippen molar-refractivity contribution in [2.75, 3.05) is 13.2 Å².